The van der Waals surface area contributed by atoms with Crippen LogP contribution in [0.25, 0.3) is 0 Å². The molecular formula is C15H16BNO3. The van der Waals surface area contributed by atoms with Gasteiger partial charge in [0.2, 0.25) is 0 Å². The van der Waals surface area contributed by atoms with E-state index in [-0.39, 0.29) is 5.91 Å². The number of rotatable bonds is 4. The molecule has 0 saturated carbocycles. The van der Waals surface area contributed by atoms with Crippen molar-refractivity contribution in [3.63, 3.8) is 0 Å². The molecule has 0 aromatic heterocycles. The van der Waals surface area contributed by atoms with Crippen LogP contribution in [0.1, 0.15) is 21.5 Å². The van der Waals surface area contributed by atoms with E-state index in [1.165, 1.54) is 0 Å². The monoisotopic (exact) mass is 269 g/mol. The SMILES string of the molecule is Cc1cccc(C(=O)NCc2ccc(B(O)O)cc2)c1. The van der Waals surface area contributed by atoms with Crippen molar-refractivity contribution >= 4 is 18.5 Å². The standard InChI is InChI=1S/C15H16BNO3/c1-11-3-2-4-13(9-11)15(18)17-10-12-5-7-14(8-6-12)16(19)20/h2-9,19-20H,10H2,1H3,(H,17,18). The Morgan fingerprint density at radius 3 is 2.45 bits per heavy atom. The Kier molecular flexibility index (Phi) is 4.55. The van der Waals surface area contributed by atoms with Gasteiger partial charge < -0.3 is 15.4 Å². The Balaban J connectivity index is 1.96. The van der Waals surface area contributed by atoms with Crippen molar-refractivity contribution in [2.45, 2.75) is 13.5 Å². The highest BCUT2D eigenvalue weighted by Gasteiger charge is 2.10. The summed E-state index contributed by atoms with van der Waals surface area (Å²) in [5, 5.41) is 20.8. The van der Waals surface area contributed by atoms with Crippen molar-refractivity contribution in [2.24, 2.45) is 0 Å². The number of amides is 1. The second kappa shape index (κ2) is 6.37. The minimum Gasteiger partial charge on any atom is -0.423 e. The number of nitrogens with one attached hydrogen (secondary N) is 1. The number of aryl methyl sites for hydroxylation is 1. The van der Waals surface area contributed by atoms with E-state index in [4.69, 9.17) is 10.0 Å². The summed E-state index contributed by atoms with van der Waals surface area (Å²) in [5.41, 5.74) is 3.00. The summed E-state index contributed by atoms with van der Waals surface area (Å²) in [6.07, 6.45) is 0. The van der Waals surface area contributed by atoms with E-state index in [1.807, 2.05) is 25.1 Å². The van der Waals surface area contributed by atoms with Crippen LogP contribution >= 0.6 is 0 Å². The zero-order valence-corrected chi connectivity index (χ0v) is 11.2. The predicted molar refractivity (Wildman–Crippen MR) is 78.6 cm³/mol. The third kappa shape index (κ3) is 3.69. The van der Waals surface area contributed by atoms with Crippen molar-refractivity contribution in [2.75, 3.05) is 0 Å². The molecule has 0 fully saturated rings. The molecule has 0 radical (unpaired) electrons. The number of carbonyl (C=O) groups excluding carboxylic acids is 1. The lowest BCUT2D eigenvalue weighted by Gasteiger charge is -2.07. The molecule has 0 bridgehead atoms. The molecule has 0 saturated heterocycles. The maximum absolute atomic E-state index is 12.0. The summed E-state index contributed by atoms with van der Waals surface area (Å²) in [6, 6.07) is 14.2. The minimum atomic E-state index is -1.47. The fourth-order valence-electron chi connectivity index (χ4n) is 1.88. The average molecular weight is 269 g/mol. The molecule has 0 atom stereocenters. The molecule has 0 aliphatic carbocycles. The summed E-state index contributed by atoms with van der Waals surface area (Å²) in [4.78, 5) is 12.0. The van der Waals surface area contributed by atoms with Gasteiger partial charge in [-0.25, -0.2) is 0 Å². The zero-order chi connectivity index (χ0) is 14.5. The van der Waals surface area contributed by atoms with Crippen LogP contribution in [0.2, 0.25) is 0 Å². The first-order valence-electron chi connectivity index (χ1n) is 6.36. The minimum absolute atomic E-state index is 0.125. The molecule has 3 N–H and O–H groups in total. The normalized spacial score (nSPS) is 10.2. The largest absolute Gasteiger partial charge is 0.488 e. The average Bonchev–Trinajstić information content (AvgIpc) is 2.45. The first-order valence-corrected chi connectivity index (χ1v) is 6.36. The van der Waals surface area contributed by atoms with E-state index in [0.29, 0.717) is 17.6 Å². The highest BCUT2D eigenvalue weighted by Crippen LogP contribution is 2.04. The molecule has 0 spiro atoms. The van der Waals surface area contributed by atoms with Crippen molar-refractivity contribution in [1.82, 2.24) is 5.32 Å². The van der Waals surface area contributed by atoms with Gasteiger partial charge in [-0.3, -0.25) is 4.79 Å². The summed E-state index contributed by atoms with van der Waals surface area (Å²) in [6.45, 7) is 2.34. The quantitative estimate of drug-likeness (QED) is 0.712. The fourth-order valence-corrected chi connectivity index (χ4v) is 1.88. The smallest absolute Gasteiger partial charge is 0.423 e. The fraction of sp³-hybridized carbons (Fsp3) is 0.133. The number of hydrogen-bond donors (Lipinski definition) is 3. The van der Waals surface area contributed by atoms with E-state index in [2.05, 4.69) is 5.32 Å². The van der Waals surface area contributed by atoms with Gasteiger partial charge in [-0.15, -0.1) is 0 Å². The van der Waals surface area contributed by atoms with E-state index in [9.17, 15) is 4.79 Å². The lowest BCUT2D eigenvalue weighted by atomic mass is 9.80. The van der Waals surface area contributed by atoms with Crippen LogP contribution in [0.3, 0.4) is 0 Å². The van der Waals surface area contributed by atoms with Gasteiger partial charge in [0, 0.05) is 12.1 Å². The lowest BCUT2D eigenvalue weighted by molar-refractivity contribution is 0.0951. The predicted octanol–water partition coefficient (Wildman–Crippen LogP) is 0.605. The van der Waals surface area contributed by atoms with E-state index in [1.54, 1.807) is 30.3 Å². The van der Waals surface area contributed by atoms with Crippen LogP contribution in [-0.2, 0) is 6.54 Å². The Morgan fingerprint density at radius 2 is 1.85 bits per heavy atom. The summed E-state index contributed by atoms with van der Waals surface area (Å²) in [5.74, 6) is -0.125. The van der Waals surface area contributed by atoms with Gasteiger partial charge in [0.15, 0.2) is 0 Å². The molecule has 2 aromatic rings. The summed E-state index contributed by atoms with van der Waals surface area (Å²) in [7, 11) is -1.47. The third-order valence-electron chi connectivity index (χ3n) is 3.01. The van der Waals surface area contributed by atoms with Gasteiger partial charge in [0.05, 0.1) is 0 Å². The van der Waals surface area contributed by atoms with Gasteiger partial charge in [0.25, 0.3) is 5.91 Å². The highest BCUT2D eigenvalue weighted by molar-refractivity contribution is 6.58. The Bertz CT molecular complexity index is 596. The van der Waals surface area contributed by atoms with Crippen molar-refractivity contribution in [1.29, 1.82) is 0 Å². The highest BCUT2D eigenvalue weighted by atomic mass is 16.4. The van der Waals surface area contributed by atoms with Crippen molar-refractivity contribution < 1.29 is 14.8 Å². The first kappa shape index (κ1) is 14.3. The molecule has 102 valence electrons. The number of hydrogen-bond acceptors (Lipinski definition) is 3. The van der Waals surface area contributed by atoms with Gasteiger partial charge in [-0.1, -0.05) is 42.0 Å². The number of carbonyl (C=O) groups is 1. The van der Waals surface area contributed by atoms with Gasteiger partial charge >= 0.3 is 7.12 Å². The van der Waals surface area contributed by atoms with Crippen LogP contribution in [0, 0.1) is 6.92 Å². The van der Waals surface area contributed by atoms with Gasteiger partial charge in [-0.05, 0) is 30.1 Å². The molecule has 5 heteroatoms. The molecule has 1 amide bonds. The Hall–Kier alpha value is -2.11. The van der Waals surface area contributed by atoms with Crippen LogP contribution in [-0.4, -0.2) is 23.1 Å². The topological polar surface area (TPSA) is 69.6 Å². The second-order valence-electron chi connectivity index (χ2n) is 4.67. The maximum atomic E-state index is 12.0. The molecular weight excluding hydrogens is 253 g/mol. The van der Waals surface area contributed by atoms with Crippen LogP contribution in [0.5, 0.6) is 0 Å². The molecule has 20 heavy (non-hydrogen) atoms. The first-order chi connectivity index (χ1) is 9.56. The van der Waals surface area contributed by atoms with E-state index >= 15 is 0 Å². The molecule has 2 rings (SSSR count). The van der Waals surface area contributed by atoms with Crippen LogP contribution < -0.4 is 10.8 Å². The Labute approximate surface area is 118 Å². The summed E-state index contributed by atoms with van der Waals surface area (Å²) < 4.78 is 0. The lowest BCUT2D eigenvalue weighted by Crippen LogP contribution is -2.29. The van der Waals surface area contributed by atoms with Crippen molar-refractivity contribution in [3.05, 3.63) is 65.2 Å². The zero-order valence-electron chi connectivity index (χ0n) is 11.2. The molecule has 0 unspecified atom stereocenters. The number of benzene rings is 2. The molecule has 0 aliphatic heterocycles. The summed E-state index contributed by atoms with van der Waals surface area (Å²) >= 11 is 0. The second-order valence-corrected chi connectivity index (χ2v) is 4.67. The van der Waals surface area contributed by atoms with Crippen molar-refractivity contribution in [3.8, 4) is 0 Å². The van der Waals surface area contributed by atoms with Gasteiger partial charge in [-0.2, -0.15) is 0 Å². The van der Waals surface area contributed by atoms with Crippen LogP contribution in [0.15, 0.2) is 48.5 Å². The maximum Gasteiger partial charge on any atom is 0.488 e. The third-order valence-corrected chi connectivity index (χ3v) is 3.01. The molecule has 0 heterocycles. The van der Waals surface area contributed by atoms with E-state index < -0.39 is 7.12 Å². The molecule has 4 nitrogen and oxygen atoms in total. The Morgan fingerprint density at radius 1 is 1.15 bits per heavy atom. The molecule has 0 aliphatic rings. The van der Waals surface area contributed by atoms with Crippen LogP contribution in [0.4, 0.5) is 0 Å². The van der Waals surface area contributed by atoms with E-state index in [0.717, 1.165) is 11.1 Å². The van der Waals surface area contributed by atoms with Gasteiger partial charge in [0.1, 0.15) is 0 Å². The molecule has 2 aromatic carbocycles.